The average molecular weight is 231 g/mol. The molecule has 0 unspecified atom stereocenters. The zero-order valence-electron chi connectivity index (χ0n) is 7.69. The van der Waals surface area contributed by atoms with Gasteiger partial charge < -0.3 is 17.8 Å². The van der Waals surface area contributed by atoms with Crippen LogP contribution in [0.2, 0.25) is 12.6 Å². The van der Waals surface area contributed by atoms with Crippen molar-refractivity contribution in [1.29, 1.82) is 0 Å². The number of Topliss-reactive ketones (excluding diaryl/α,β-unsaturated/α-hetero) is 1. The van der Waals surface area contributed by atoms with Gasteiger partial charge in [0.1, 0.15) is 0 Å². The molecule has 0 N–H and O–H groups in total. The van der Waals surface area contributed by atoms with Gasteiger partial charge in [0.2, 0.25) is 0 Å². The molecule has 2 nitrogen and oxygen atoms in total. The quantitative estimate of drug-likeness (QED) is 0.541. The van der Waals surface area contributed by atoms with Crippen LogP contribution < -0.4 is 0 Å². The fraction of sp³-hybridized carbons (Fsp3) is 0.500. The van der Waals surface area contributed by atoms with Crippen LogP contribution in [0, 0.1) is 13.0 Å². The molecule has 12 heavy (non-hydrogen) atoms. The maximum atomic E-state index is 10.4. The Bertz CT molecular complexity index is 107. The summed E-state index contributed by atoms with van der Waals surface area (Å²) in [5, 5.41) is 0. The van der Waals surface area contributed by atoms with Gasteiger partial charge >= 0.3 is 19.5 Å². The van der Waals surface area contributed by atoms with E-state index in [1.165, 1.54) is 0 Å². The van der Waals surface area contributed by atoms with Gasteiger partial charge in [-0.25, -0.2) is 0 Å². The molecule has 0 saturated heterocycles. The van der Waals surface area contributed by atoms with Crippen LogP contribution in [0.25, 0.3) is 0 Å². The van der Waals surface area contributed by atoms with Crippen molar-refractivity contribution in [2.75, 3.05) is 0 Å². The summed E-state index contributed by atoms with van der Waals surface area (Å²) in [5.74, 6) is 0.328. The molecule has 0 radical (unpaired) electrons. The maximum absolute atomic E-state index is 10.4. The summed E-state index contributed by atoms with van der Waals surface area (Å²) >= 11 is 2.31. The Balaban J connectivity index is -0.000000137. The van der Waals surface area contributed by atoms with Gasteiger partial charge in [0.25, 0.3) is 0 Å². The predicted octanol–water partition coefficient (Wildman–Crippen LogP) is 1.29. The monoisotopic (exact) mass is 231 g/mol. The molecule has 4 heteroatoms. The molecular weight excluding hydrogens is 215 g/mol. The Hall–Kier alpha value is -0.0666. The molecule has 0 heterocycles. The van der Waals surface area contributed by atoms with E-state index in [4.69, 9.17) is 3.87 Å². The van der Waals surface area contributed by atoms with Crippen LogP contribution in [-0.4, -0.2) is 15.3 Å². The number of ketones is 1. The third-order valence-corrected chi connectivity index (χ3v) is 1.87. The Labute approximate surface area is 85.4 Å². The summed E-state index contributed by atoms with van der Waals surface area (Å²) in [6.45, 7) is 10.6. The Kier molecular flexibility index (Phi) is 33.4. The van der Waals surface area contributed by atoms with E-state index < -0.39 is 0 Å². The normalized spacial score (nSPS) is 7.67. The van der Waals surface area contributed by atoms with Gasteiger partial charge in [-0.05, 0) is 6.04 Å². The van der Waals surface area contributed by atoms with E-state index in [0.29, 0.717) is 12.2 Å². The Morgan fingerprint density at radius 3 is 2.08 bits per heavy atom. The van der Waals surface area contributed by atoms with Crippen molar-refractivity contribution in [2.45, 2.75) is 25.9 Å². The zero-order valence-corrected chi connectivity index (χ0v) is 10.1. The van der Waals surface area contributed by atoms with Gasteiger partial charge in [0, 0.05) is 9.52 Å². The first-order valence-electron chi connectivity index (χ1n) is 3.61. The third-order valence-electron chi connectivity index (χ3n) is 0.808. The van der Waals surface area contributed by atoms with Crippen molar-refractivity contribution >= 4 is 15.3 Å². The SMILES string of the molecule is C=[C-]C.[CH2-]CC(=O)C[SiH2]C.[O]=[Co]. The molecule has 0 fully saturated rings. The molecule has 0 aliphatic carbocycles. The van der Waals surface area contributed by atoms with E-state index in [9.17, 15) is 4.79 Å². The third kappa shape index (κ3) is 32.6. The fourth-order valence-electron chi connectivity index (χ4n) is 0.404. The van der Waals surface area contributed by atoms with Crippen LogP contribution in [-0.2, 0) is 24.3 Å². The van der Waals surface area contributed by atoms with E-state index in [-0.39, 0.29) is 9.52 Å². The van der Waals surface area contributed by atoms with Crippen molar-refractivity contribution in [2.24, 2.45) is 0 Å². The predicted molar refractivity (Wildman–Crippen MR) is 49.4 cm³/mol. The van der Waals surface area contributed by atoms with Gasteiger partial charge in [-0.3, -0.25) is 6.58 Å². The number of hydrogen-bond donors (Lipinski definition) is 0. The minimum absolute atomic E-state index is 0.0340. The van der Waals surface area contributed by atoms with Gasteiger partial charge in [0.05, 0.1) is 5.78 Å². The Morgan fingerprint density at radius 1 is 1.67 bits per heavy atom. The van der Waals surface area contributed by atoms with Crippen LogP contribution in [0.1, 0.15) is 13.3 Å². The molecule has 0 aliphatic heterocycles. The molecule has 0 aromatic rings. The van der Waals surface area contributed by atoms with Crippen molar-refractivity contribution in [1.82, 2.24) is 0 Å². The zero-order chi connectivity index (χ0) is 10.4. The van der Waals surface area contributed by atoms with Gasteiger partial charge in [-0.2, -0.15) is 6.92 Å². The van der Waals surface area contributed by atoms with E-state index in [0.717, 1.165) is 6.04 Å². The molecule has 0 aromatic carbocycles. The molecule has 75 valence electrons. The van der Waals surface area contributed by atoms with Gasteiger partial charge in [0.15, 0.2) is 0 Å². The molecule has 0 amide bonds. The molecule has 0 aliphatic rings. The van der Waals surface area contributed by atoms with E-state index in [1.807, 2.05) is 0 Å². The Morgan fingerprint density at radius 2 is 2.00 bits per heavy atom. The molecule has 0 atom stereocenters. The number of hydrogen-bond acceptors (Lipinski definition) is 2. The first-order valence-corrected chi connectivity index (χ1v) is 6.45. The molecular formula is C8H16CoO2Si-2. The van der Waals surface area contributed by atoms with E-state index in [2.05, 4.69) is 41.8 Å². The summed E-state index contributed by atoms with van der Waals surface area (Å²) in [6.07, 6.45) is 2.99. The molecule has 0 spiro atoms. The topological polar surface area (TPSA) is 34.1 Å². The van der Waals surface area contributed by atoms with Crippen LogP contribution in [0.4, 0.5) is 0 Å². The summed E-state index contributed by atoms with van der Waals surface area (Å²) in [7, 11) is -0.0340. The van der Waals surface area contributed by atoms with E-state index in [1.54, 1.807) is 6.92 Å². The van der Waals surface area contributed by atoms with E-state index >= 15 is 0 Å². The number of allylic oxidation sites excluding steroid dienone is 1. The average Bonchev–Trinajstić information content (AvgIpc) is 2.10. The fourth-order valence-corrected chi connectivity index (χ4v) is 1.21. The number of rotatable bonds is 3. The first kappa shape index (κ1) is 17.9. The van der Waals surface area contributed by atoms with Crippen LogP contribution in [0.5, 0.6) is 0 Å². The van der Waals surface area contributed by atoms with Crippen molar-refractivity contribution in [3.63, 3.8) is 0 Å². The number of carbonyl (C=O) groups excluding carboxylic acids is 1. The van der Waals surface area contributed by atoms with Crippen LogP contribution in [0.3, 0.4) is 0 Å². The van der Waals surface area contributed by atoms with Crippen LogP contribution >= 0.6 is 0 Å². The molecule has 0 rings (SSSR count). The summed E-state index contributed by atoms with van der Waals surface area (Å²) in [6, 6.07) is 0.837. The summed E-state index contributed by atoms with van der Waals surface area (Å²) in [5.41, 5.74) is 0. The second kappa shape index (κ2) is 22.4. The second-order valence-electron chi connectivity index (χ2n) is 1.89. The van der Waals surface area contributed by atoms with Crippen LogP contribution in [0.15, 0.2) is 6.58 Å². The van der Waals surface area contributed by atoms with Crippen molar-refractivity contribution in [3.8, 4) is 0 Å². The minimum atomic E-state index is -0.0340. The van der Waals surface area contributed by atoms with Crippen molar-refractivity contribution in [3.05, 3.63) is 19.6 Å². The number of carbonyl (C=O) groups is 1. The molecule has 0 aromatic heterocycles. The van der Waals surface area contributed by atoms with Crippen molar-refractivity contribution < 1.29 is 24.3 Å². The molecule has 0 bridgehead atoms. The van der Waals surface area contributed by atoms with Gasteiger partial charge in [-0.1, -0.05) is 6.55 Å². The summed E-state index contributed by atoms with van der Waals surface area (Å²) < 4.78 is 7.94. The second-order valence-corrected chi connectivity index (χ2v) is 3.39. The first-order chi connectivity index (χ1) is 5.72. The van der Waals surface area contributed by atoms with Gasteiger partial charge in [-0.15, -0.1) is 6.42 Å². The summed E-state index contributed by atoms with van der Waals surface area (Å²) in [4.78, 5) is 10.4. The molecule has 0 saturated carbocycles. The standard InChI is InChI=1S/C5H11OSi.C3H5.Co.O/c1-3-5(6)4-7-2;1-3-2;;/h1,3-4,7H2,2H3;1H2,2H3;;/q2*-1;;.